The minimum absolute atomic E-state index is 0.223. The molecule has 0 aliphatic carbocycles. The number of carbonyl (C=O) groups is 2. The molecule has 0 spiro atoms. The summed E-state index contributed by atoms with van der Waals surface area (Å²) in [5.41, 5.74) is 1.11. The largest absolute Gasteiger partial charge is 0.467 e. The van der Waals surface area contributed by atoms with Crippen molar-refractivity contribution in [1.82, 2.24) is 9.88 Å². The van der Waals surface area contributed by atoms with Crippen LogP contribution < -0.4 is 5.32 Å². The minimum atomic E-state index is -0.706. The smallest absolute Gasteiger partial charge is 0.328 e. The highest BCUT2D eigenvalue weighted by molar-refractivity contribution is 6.00. The van der Waals surface area contributed by atoms with Crippen LogP contribution >= 0.6 is 0 Å². The fraction of sp³-hybridized carbons (Fsp3) is 0.412. The van der Waals surface area contributed by atoms with Crippen molar-refractivity contribution in [3.63, 3.8) is 0 Å². The van der Waals surface area contributed by atoms with Crippen LogP contribution in [0.3, 0.4) is 0 Å². The Balaban J connectivity index is 2.28. The third kappa shape index (κ3) is 3.70. The Bertz CT molecular complexity index is 737. The highest BCUT2D eigenvalue weighted by Gasteiger charge is 2.24. The second-order valence-electron chi connectivity index (χ2n) is 5.97. The first kappa shape index (κ1) is 17.0. The molecule has 124 valence electrons. The number of fused-ring (bicyclic) bond motifs is 1. The maximum Gasteiger partial charge on any atom is 0.328 e. The van der Waals surface area contributed by atoms with Gasteiger partial charge in [0.15, 0.2) is 0 Å². The van der Waals surface area contributed by atoms with E-state index in [4.69, 9.17) is 4.74 Å². The van der Waals surface area contributed by atoms with Gasteiger partial charge in [0.05, 0.1) is 7.11 Å². The lowest BCUT2D eigenvalue weighted by molar-refractivity contribution is -0.143. The third-order valence-electron chi connectivity index (χ3n) is 3.74. The number of ether oxygens (including phenoxy) is 1. The number of nitrogens with zero attached hydrogens (tertiary/aromatic N) is 1. The van der Waals surface area contributed by atoms with Crippen LogP contribution in [-0.4, -0.2) is 29.6 Å². The van der Waals surface area contributed by atoms with Crippen LogP contribution in [0.25, 0.3) is 10.9 Å². The summed E-state index contributed by atoms with van der Waals surface area (Å²) >= 11 is 0. The summed E-state index contributed by atoms with van der Waals surface area (Å²) in [6, 6.07) is 5.24. The van der Waals surface area contributed by atoms with Crippen molar-refractivity contribution in [3.8, 4) is 0 Å². The molecule has 0 aliphatic rings. The summed E-state index contributed by atoms with van der Waals surface area (Å²) in [7, 11) is 3.02. The second kappa shape index (κ2) is 6.81. The van der Waals surface area contributed by atoms with Gasteiger partial charge in [-0.15, -0.1) is 0 Å². The number of carbonyl (C=O) groups excluding carboxylic acids is 2. The molecule has 2 rings (SSSR count). The predicted octanol–water partition coefficient (Wildman–Crippen LogP) is 2.63. The molecule has 1 aromatic heterocycles. The van der Waals surface area contributed by atoms with Crippen molar-refractivity contribution in [1.29, 1.82) is 0 Å². The van der Waals surface area contributed by atoms with Gasteiger partial charge in [-0.25, -0.2) is 9.18 Å². The van der Waals surface area contributed by atoms with E-state index in [1.165, 1.54) is 19.2 Å². The van der Waals surface area contributed by atoms with Crippen LogP contribution in [0.5, 0.6) is 0 Å². The Morgan fingerprint density at radius 1 is 1.30 bits per heavy atom. The van der Waals surface area contributed by atoms with Gasteiger partial charge in [-0.3, -0.25) is 4.79 Å². The molecule has 1 amide bonds. The monoisotopic (exact) mass is 320 g/mol. The van der Waals surface area contributed by atoms with Crippen LogP contribution in [0.1, 0.15) is 30.8 Å². The minimum Gasteiger partial charge on any atom is -0.467 e. The number of esters is 1. The molecule has 0 saturated carbocycles. The Kier molecular flexibility index (Phi) is 5.03. The third-order valence-corrected chi connectivity index (χ3v) is 3.74. The van der Waals surface area contributed by atoms with Crippen molar-refractivity contribution >= 4 is 22.8 Å². The number of nitrogens with one attached hydrogen (secondary N) is 1. The number of benzene rings is 1. The molecule has 0 saturated heterocycles. The van der Waals surface area contributed by atoms with E-state index in [0.717, 1.165) is 5.52 Å². The standard InChI is InChI=1S/C17H21FN2O3/c1-10(2)7-13(17(22)23-4)19-16(21)15-9-11-8-12(18)5-6-14(11)20(15)3/h5-6,8-10,13H,7H2,1-4H3,(H,19,21)/t13-/m1/s1. The number of methoxy groups -OCH3 is 1. The summed E-state index contributed by atoms with van der Waals surface area (Å²) in [4.78, 5) is 24.3. The van der Waals surface area contributed by atoms with E-state index in [0.29, 0.717) is 17.5 Å². The van der Waals surface area contributed by atoms with E-state index in [9.17, 15) is 14.0 Å². The number of aryl methyl sites for hydroxylation is 1. The van der Waals surface area contributed by atoms with Gasteiger partial charge < -0.3 is 14.6 Å². The van der Waals surface area contributed by atoms with Crippen molar-refractivity contribution in [2.75, 3.05) is 7.11 Å². The van der Waals surface area contributed by atoms with Gasteiger partial charge in [-0.2, -0.15) is 0 Å². The molecule has 1 atom stereocenters. The molecule has 2 aromatic rings. The van der Waals surface area contributed by atoms with E-state index >= 15 is 0 Å². The molecule has 23 heavy (non-hydrogen) atoms. The molecular formula is C17H21FN2O3. The van der Waals surface area contributed by atoms with Crippen LogP contribution in [0.4, 0.5) is 4.39 Å². The van der Waals surface area contributed by atoms with Gasteiger partial charge in [0, 0.05) is 18.0 Å². The summed E-state index contributed by atoms with van der Waals surface area (Å²) in [6.45, 7) is 3.92. The second-order valence-corrected chi connectivity index (χ2v) is 5.97. The molecule has 5 nitrogen and oxygen atoms in total. The SMILES string of the molecule is COC(=O)[C@@H](CC(C)C)NC(=O)c1cc2cc(F)ccc2n1C. The van der Waals surface area contributed by atoms with Gasteiger partial charge in [0.25, 0.3) is 5.91 Å². The zero-order valence-electron chi connectivity index (χ0n) is 13.7. The van der Waals surface area contributed by atoms with Gasteiger partial charge in [0.1, 0.15) is 17.6 Å². The summed E-state index contributed by atoms with van der Waals surface area (Å²) in [5, 5.41) is 3.34. The topological polar surface area (TPSA) is 60.3 Å². The average molecular weight is 320 g/mol. The van der Waals surface area contributed by atoms with Crippen molar-refractivity contribution < 1.29 is 18.7 Å². The quantitative estimate of drug-likeness (QED) is 0.862. The first-order chi connectivity index (χ1) is 10.8. The van der Waals surface area contributed by atoms with E-state index < -0.39 is 12.0 Å². The predicted molar refractivity (Wildman–Crippen MR) is 85.6 cm³/mol. The molecular weight excluding hydrogens is 299 g/mol. The maximum absolute atomic E-state index is 13.3. The molecule has 1 aromatic carbocycles. The number of hydrogen-bond donors (Lipinski definition) is 1. The lowest BCUT2D eigenvalue weighted by atomic mass is 10.0. The molecule has 0 fully saturated rings. The van der Waals surface area contributed by atoms with Gasteiger partial charge >= 0.3 is 5.97 Å². The summed E-state index contributed by atoms with van der Waals surface area (Å²) in [5.74, 6) is -1.000. The fourth-order valence-electron chi connectivity index (χ4n) is 2.60. The van der Waals surface area contributed by atoms with Gasteiger partial charge in [-0.1, -0.05) is 13.8 Å². The first-order valence-electron chi connectivity index (χ1n) is 7.47. The Hall–Kier alpha value is -2.37. The summed E-state index contributed by atoms with van der Waals surface area (Å²) in [6.07, 6.45) is 0.483. The van der Waals surface area contributed by atoms with Crippen molar-refractivity contribution in [2.45, 2.75) is 26.3 Å². The van der Waals surface area contributed by atoms with Crippen LogP contribution in [0.2, 0.25) is 0 Å². The highest BCUT2D eigenvalue weighted by atomic mass is 19.1. The highest BCUT2D eigenvalue weighted by Crippen LogP contribution is 2.20. The molecule has 0 radical (unpaired) electrons. The van der Waals surface area contributed by atoms with Crippen LogP contribution in [-0.2, 0) is 16.6 Å². The van der Waals surface area contributed by atoms with Crippen molar-refractivity contribution in [2.24, 2.45) is 13.0 Å². The normalized spacial score (nSPS) is 12.4. The zero-order chi connectivity index (χ0) is 17.1. The average Bonchev–Trinajstić information content (AvgIpc) is 2.81. The Labute approximate surface area is 134 Å². The maximum atomic E-state index is 13.3. The molecule has 0 unspecified atom stereocenters. The van der Waals surface area contributed by atoms with Crippen molar-refractivity contribution in [3.05, 3.63) is 35.8 Å². The number of hydrogen-bond acceptors (Lipinski definition) is 3. The number of amides is 1. The lowest BCUT2D eigenvalue weighted by Gasteiger charge is -2.18. The summed E-state index contributed by atoms with van der Waals surface area (Å²) < 4.78 is 19.7. The number of rotatable bonds is 5. The molecule has 0 bridgehead atoms. The van der Waals surface area contributed by atoms with E-state index in [1.54, 1.807) is 23.7 Å². The van der Waals surface area contributed by atoms with Gasteiger partial charge in [-0.05, 0) is 36.6 Å². The Morgan fingerprint density at radius 2 is 2.00 bits per heavy atom. The van der Waals surface area contributed by atoms with Crippen LogP contribution in [0.15, 0.2) is 24.3 Å². The molecule has 0 aliphatic heterocycles. The van der Waals surface area contributed by atoms with E-state index in [-0.39, 0.29) is 17.6 Å². The number of halogens is 1. The lowest BCUT2D eigenvalue weighted by Crippen LogP contribution is -2.42. The first-order valence-corrected chi connectivity index (χ1v) is 7.47. The molecule has 6 heteroatoms. The molecule has 1 N–H and O–H groups in total. The number of aromatic nitrogens is 1. The van der Waals surface area contributed by atoms with Crippen LogP contribution in [0, 0.1) is 11.7 Å². The Morgan fingerprint density at radius 3 is 2.61 bits per heavy atom. The van der Waals surface area contributed by atoms with E-state index in [2.05, 4.69) is 5.32 Å². The van der Waals surface area contributed by atoms with Gasteiger partial charge in [0.2, 0.25) is 0 Å². The molecule has 1 heterocycles. The zero-order valence-corrected chi connectivity index (χ0v) is 13.7. The van der Waals surface area contributed by atoms with E-state index in [1.807, 2.05) is 13.8 Å². The fourth-order valence-corrected chi connectivity index (χ4v) is 2.60.